The second-order valence-corrected chi connectivity index (χ2v) is 5.61. The van der Waals surface area contributed by atoms with E-state index in [9.17, 15) is 9.59 Å². The minimum atomic E-state index is -1.18. The third kappa shape index (κ3) is 4.61. The first kappa shape index (κ1) is 17.1. The number of carbonyl (C=O) groups excluding carboxylic acids is 1. The number of halogens is 2. The highest BCUT2D eigenvalue weighted by atomic mass is 35.5. The second kappa shape index (κ2) is 7.35. The number of hydrogen-bond acceptors (Lipinski definition) is 3. The zero-order valence-corrected chi connectivity index (χ0v) is 13.6. The zero-order valence-electron chi connectivity index (χ0n) is 12.1. The van der Waals surface area contributed by atoms with Crippen LogP contribution in [0.25, 0.3) is 0 Å². The van der Waals surface area contributed by atoms with E-state index in [0.29, 0.717) is 10.8 Å². The van der Waals surface area contributed by atoms with Crippen LogP contribution in [0.4, 0.5) is 5.69 Å². The molecule has 1 amide bonds. The lowest BCUT2D eigenvalue weighted by atomic mass is 10.2. The summed E-state index contributed by atoms with van der Waals surface area (Å²) in [5, 5.41) is 12.5. The quantitative estimate of drug-likeness (QED) is 0.851. The Hall–Kier alpha value is -2.24. The van der Waals surface area contributed by atoms with Crippen molar-refractivity contribution in [3.63, 3.8) is 0 Å². The van der Waals surface area contributed by atoms with Crippen LogP contribution in [-0.2, 0) is 4.79 Å². The highest BCUT2D eigenvalue weighted by molar-refractivity contribution is 6.31. The number of carboxylic acid groups (broad SMARTS) is 1. The zero-order chi connectivity index (χ0) is 17.0. The van der Waals surface area contributed by atoms with Gasteiger partial charge in [-0.05, 0) is 48.9 Å². The lowest BCUT2D eigenvalue weighted by Gasteiger charge is -2.11. The molecule has 0 radical (unpaired) electrons. The molecule has 2 rings (SSSR count). The maximum absolute atomic E-state index is 11.9. The Balaban J connectivity index is 2.04. The monoisotopic (exact) mass is 353 g/mol. The molecule has 120 valence electrons. The standard InChI is InChI=1S/C16H13Cl2NO4/c1-9-6-10(17)3-5-14(9)23-8-15(20)19-13-4-2-11(18)7-12(13)16(21)22/h2-7H,8H2,1H3,(H,19,20)(H,21,22). The van der Waals surface area contributed by atoms with Crippen LogP contribution in [0.3, 0.4) is 0 Å². The average Bonchev–Trinajstić information content (AvgIpc) is 2.48. The first-order valence-corrected chi connectivity index (χ1v) is 7.34. The highest BCUT2D eigenvalue weighted by Crippen LogP contribution is 2.23. The van der Waals surface area contributed by atoms with Crippen molar-refractivity contribution in [1.29, 1.82) is 0 Å². The summed E-state index contributed by atoms with van der Waals surface area (Å²) in [5.74, 6) is -1.14. The Morgan fingerprint density at radius 2 is 1.78 bits per heavy atom. The molecule has 0 aromatic heterocycles. The molecule has 0 aliphatic carbocycles. The number of amides is 1. The van der Waals surface area contributed by atoms with Crippen LogP contribution in [-0.4, -0.2) is 23.6 Å². The number of ether oxygens (including phenoxy) is 1. The van der Waals surface area contributed by atoms with Gasteiger partial charge in [-0.25, -0.2) is 4.79 Å². The SMILES string of the molecule is Cc1cc(Cl)ccc1OCC(=O)Nc1ccc(Cl)cc1C(=O)O. The first-order valence-electron chi connectivity index (χ1n) is 6.58. The molecule has 0 unspecified atom stereocenters. The van der Waals surface area contributed by atoms with Crippen molar-refractivity contribution in [3.8, 4) is 5.75 Å². The van der Waals surface area contributed by atoms with Crippen LogP contribution in [0.1, 0.15) is 15.9 Å². The van der Waals surface area contributed by atoms with Gasteiger partial charge in [-0.2, -0.15) is 0 Å². The van der Waals surface area contributed by atoms with Crippen LogP contribution >= 0.6 is 23.2 Å². The van der Waals surface area contributed by atoms with Gasteiger partial charge in [0.1, 0.15) is 5.75 Å². The topological polar surface area (TPSA) is 75.6 Å². The Morgan fingerprint density at radius 3 is 2.43 bits per heavy atom. The Morgan fingerprint density at radius 1 is 1.13 bits per heavy atom. The molecule has 0 fully saturated rings. The molecule has 0 aliphatic rings. The smallest absolute Gasteiger partial charge is 0.337 e. The van der Waals surface area contributed by atoms with Gasteiger partial charge in [-0.15, -0.1) is 0 Å². The van der Waals surface area contributed by atoms with Gasteiger partial charge in [0.2, 0.25) is 0 Å². The van der Waals surface area contributed by atoms with Crippen molar-refractivity contribution < 1.29 is 19.4 Å². The summed E-state index contributed by atoms with van der Waals surface area (Å²) in [7, 11) is 0. The molecule has 0 saturated carbocycles. The summed E-state index contributed by atoms with van der Waals surface area (Å²) >= 11 is 11.6. The normalized spacial score (nSPS) is 10.2. The summed E-state index contributed by atoms with van der Waals surface area (Å²) in [6.45, 7) is 1.55. The number of rotatable bonds is 5. The van der Waals surface area contributed by atoms with Crippen molar-refractivity contribution in [1.82, 2.24) is 0 Å². The molecule has 0 aliphatic heterocycles. The summed E-state index contributed by atoms with van der Waals surface area (Å²) in [6.07, 6.45) is 0. The number of nitrogens with one attached hydrogen (secondary N) is 1. The van der Waals surface area contributed by atoms with Gasteiger partial charge >= 0.3 is 5.97 Å². The van der Waals surface area contributed by atoms with E-state index in [4.69, 9.17) is 33.0 Å². The van der Waals surface area contributed by atoms with Crippen LogP contribution in [0.5, 0.6) is 5.75 Å². The van der Waals surface area contributed by atoms with Gasteiger partial charge < -0.3 is 15.2 Å². The third-order valence-corrected chi connectivity index (χ3v) is 3.45. The van der Waals surface area contributed by atoms with Gasteiger partial charge in [-0.1, -0.05) is 23.2 Å². The summed E-state index contributed by atoms with van der Waals surface area (Å²) in [5.41, 5.74) is 0.861. The summed E-state index contributed by atoms with van der Waals surface area (Å²) in [6, 6.07) is 9.23. The molecule has 0 bridgehead atoms. The van der Waals surface area contributed by atoms with Gasteiger partial charge in [-0.3, -0.25) is 4.79 Å². The van der Waals surface area contributed by atoms with Gasteiger partial charge in [0.05, 0.1) is 11.3 Å². The second-order valence-electron chi connectivity index (χ2n) is 4.74. The predicted molar refractivity (Wildman–Crippen MR) is 88.7 cm³/mol. The number of aromatic carboxylic acids is 1. The van der Waals surface area contributed by atoms with Crippen molar-refractivity contribution in [2.75, 3.05) is 11.9 Å². The van der Waals surface area contributed by atoms with Crippen LogP contribution < -0.4 is 10.1 Å². The number of hydrogen-bond donors (Lipinski definition) is 2. The molecule has 23 heavy (non-hydrogen) atoms. The molecule has 2 aromatic carbocycles. The Kier molecular flexibility index (Phi) is 5.47. The molecule has 0 saturated heterocycles. The third-order valence-electron chi connectivity index (χ3n) is 2.98. The van der Waals surface area contributed by atoms with Crippen molar-refractivity contribution in [3.05, 3.63) is 57.6 Å². The van der Waals surface area contributed by atoms with E-state index in [0.717, 1.165) is 5.56 Å². The van der Waals surface area contributed by atoms with E-state index in [-0.39, 0.29) is 22.9 Å². The Bertz CT molecular complexity index is 762. The maximum Gasteiger partial charge on any atom is 0.337 e. The van der Waals surface area contributed by atoms with Gasteiger partial charge in [0, 0.05) is 10.0 Å². The lowest BCUT2D eigenvalue weighted by Crippen LogP contribution is -2.21. The van der Waals surface area contributed by atoms with Gasteiger partial charge in [0.25, 0.3) is 5.91 Å². The molecular formula is C16H13Cl2NO4. The van der Waals surface area contributed by atoms with Crippen molar-refractivity contribution in [2.45, 2.75) is 6.92 Å². The minimum absolute atomic E-state index is 0.0893. The van der Waals surface area contributed by atoms with E-state index in [1.54, 1.807) is 25.1 Å². The lowest BCUT2D eigenvalue weighted by molar-refractivity contribution is -0.118. The van der Waals surface area contributed by atoms with Crippen LogP contribution in [0.2, 0.25) is 10.0 Å². The molecule has 2 aromatic rings. The molecular weight excluding hydrogens is 341 g/mol. The fourth-order valence-corrected chi connectivity index (χ4v) is 2.31. The number of carbonyl (C=O) groups is 2. The average molecular weight is 354 g/mol. The number of anilines is 1. The van der Waals surface area contributed by atoms with E-state index in [1.165, 1.54) is 18.2 Å². The minimum Gasteiger partial charge on any atom is -0.483 e. The highest BCUT2D eigenvalue weighted by Gasteiger charge is 2.14. The molecule has 5 nitrogen and oxygen atoms in total. The fraction of sp³-hybridized carbons (Fsp3) is 0.125. The van der Waals surface area contributed by atoms with E-state index in [1.807, 2.05) is 0 Å². The van der Waals surface area contributed by atoms with Gasteiger partial charge in [0.15, 0.2) is 6.61 Å². The molecule has 2 N–H and O–H groups in total. The van der Waals surface area contributed by atoms with Crippen molar-refractivity contribution >= 4 is 40.8 Å². The summed E-state index contributed by atoms with van der Waals surface area (Å²) in [4.78, 5) is 23.1. The fourth-order valence-electron chi connectivity index (χ4n) is 1.91. The first-order chi connectivity index (χ1) is 10.9. The molecule has 0 heterocycles. The Labute approximate surface area is 142 Å². The predicted octanol–water partition coefficient (Wildman–Crippen LogP) is 4.02. The van der Waals surface area contributed by atoms with E-state index >= 15 is 0 Å². The largest absolute Gasteiger partial charge is 0.483 e. The number of aryl methyl sites for hydroxylation is 1. The number of carboxylic acids is 1. The van der Waals surface area contributed by atoms with Crippen LogP contribution in [0, 0.1) is 6.92 Å². The van der Waals surface area contributed by atoms with E-state index < -0.39 is 11.9 Å². The van der Waals surface area contributed by atoms with Crippen LogP contribution in [0.15, 0.2) is 36.4 Å². The van der Waals surface area contributed by atoms with Crippen molar-refractivity contribution in [2.24, 2.45) is 0 Å². The molecule has 0 spiro atoms. The number of benzene rings is 2. The summed E-state index contributed by atoms with van der Waals surface area (Å²) < 4.78 is 5.41. The molecule has 0 atom stereocenters. The maximum atomic E-state index is 11.9. The molecule has 7 heteroatoms. The van der Waals surface area contributed by atoms with E-state index in [2.05, 4.69) is 5.32 Å².